The second-order valence-corrected chi connectivity index (χ2v) is 4.15. The van der Waals surface area contributed by atoms with Gasteiger partial charge in [-0.1, -0.05) is 11.6 Å². The molecule has 1 amide bonds. The highest BCUT2D eigenvalue weighted by Crippen LogP contribution is 2.22. The molecule has 1 aromatic rings. The van der Waals surface area contributed by atoms with Crippen LogP contribution in [0.15, 0.2) is 24.3 Å². The van der Waals surface area contributed by atoms with E-state index in [1.165, 1.54) is 4.90 Å². The van der Waals surface area contributed by atoms with Crippen LogP contribution in [0.2, 0.25) is 5.02 Å². The third-order valence-corrected chi connectivity index (χ3v) is 2.97. The molecular weight excluding hydrogens is 232 g/mol. The Morgan fingerprint density at radius 3 is 2.40 bits per heavy atom. The highest BCUT2D eigenvalue weighted by molar-refractivity contribution is 7.80. The van der Waals surface area contributed by atoms with Gasteiger partial charge in [0.2, 0.25) is 0 Å². The van der Waals surface area contributed by atoms with Crippen LogP contribution in [0.4, 0.5) is 5.69 Å². The van der Waals surface area contributed by atoms with Gasteiger partial charge in [-0.15, -0.1) is 0 Å². The molecular formula is C10H9ClN2OS. The molecule has 3 nitrogen and oxygen atoms in total. The number of halogens is 1. The van der Waals surface area contributed by atoms with E-state index in [9.17, 15) is 4.79 Å². The SMILES string of the molecule is CN1CC(=O)N(c2ccc(Cl)cc2)C1=S. The lowest BCUT2D eigenvalue weighted by molar-refractivity contribution is -0.116. The number of likely N-dealkylation sites (N-methyl/N-ethyl adjacent to an activating group) is 1. The standard InChI is InChI=1S/C10H9ClN2OS/c1-12-6-9(14)13(10(12)15)8-4-2-7(11)3-5-8/h2-5H,6H2,1H3. The Morgan fingerprint density at radius 2 is 1.93 bits per heavy atom. The van der Waals surface area contributed by atoms with E-state index in [4.69, 9.17) is 23.8 Å². The summed E-state index contributed by atoms with van der Waals surface area (Å²) in [7, 11) is 1.80. The van der Waals surface area contributed by atoms with Crippen LogP contribution in [-0.2, 0) is 4.79 Å². The Bertz CT molecular complexity index is 418. The first-order chi connectivity index (χ1) is 7.09. The van der Waals surface area contributed by atoms with Gasteiger partial charge in [-0.05, 0) is 36.5 Å². The maximum Gasteiger partial charge on any atom is 0.252 e. The van der Waals surface area contributed by atoms with Crippen molar-refractivity contribution in [1.29, 1.82) is 0 Å². The average Bonchev–Trinajstić information content (AvgIpc) is 2.44. The summed E-state index contributed by atoms with van der Waals surface area (Å²) in [5, 5.41) is 1.17. The van der Waals surface area contributed by atoms with Gasteiger partial charge in [-0.2, -0.15) is 0 Å². The zero-order valence-electron chi connectivity index (χ0n) is 8.11. The van der Waals surface area contributed by atoms with Crippen molar-refractivity contribution in [1.82, 2.24) is 4.90 Å². The normalized spacial score (nSPS) is 16.4. The minimum Gasteiger partial charge on any atom is -0.342 e. The van der Waals surface area contributed by atoms with Crippen molar-refractivity contribution in [2.75, 3.05) is 18.5 Å². The first-order valence-corrected chi connectivity index (χ1v) is 5.22. The van der Waals surface area contributed by atoms with Gasteiger partial charge >= 0.3 is 0 Å². The molecule has 0 unspecified atom stereocenters. The summed E-state index contributed by atoms with van der Waals surface area (Å²) >= 11 is 10.9. The molecule has 5 heteroatoms. The first-order valence-electron chi connectivity index (χ1n) is 4.43. The predicted molar refractivity (Wildman–Crippen MR) is 64.2 cm³/mol. The van der Waals surface area contributed by atoms with Crippen LogP contribution in [0.5, 0.6) is 0 Å². The topological polar surface area (TPSA) is 23.6 Å². The first kappa shape index (κ1) is 10.4. The Kier molecular flexibility index (Phi) is 2.63. The summed E-state index contributed by atoms with van der Waals surface area (Å²) in [6.45, 7) is 0.335. The summed E-state index contributed by atoms with van der Waals surface area (Å²) in [5.74, 6) is -0.00942. The van der Waals surface area contributed by atoms with E-state index < -0.39 is 0 Å². The third kappa shape index (κ3) is 1.82. The Labute approximate surface area is 98.2 Å². The van der Waals surface area contributed by atoms with Gasteiger partial charge in [0.1, 0.15) is 0 Å². The number of thiocarbonyl (C=S) groups is 1. The van der Waals surface area contributed by atoms with E-state index in [2.05, 4.69) is 0 Å². The van der Waals surface area contributed by atoms with Crippen molar-refractivity contribution >= 4 is 40.5 Å². The number of hydrogen-bond donors (Lipinski definition) is 0. The fraction of sp³-hybridized carbons (Fsp3) is 0.200. The van der Waals surface area contributed by atoms with Gasteiger partial charge in [0.05, 0.1) is 12.2 Å². The molecule has 1 saturated heterocycles. The lowest BCUT2D eigenvalue weighted by Crippen LogP contribution is -2.31. The van der Waals surface area contributed by atoms with Crippen molar-refractivity contribution in [3.05, 3.63) is 29.3 Å². The van der Waals surface area contributed by atoms with Crippen LogP contribution in [0.3, 0.4) is 0 Å². The van der Waals surface area contributed by atoms with Crippen LogP contribution in [-0.4, -0.2) is 29.5 Å². The van der Waals surface area contributed by atoms with Gasteiger partial charge in [-0.25, -0.2) is 0 Å². The smallest absolute Gasteiger partial charge is 0.252 e. The van der Waals surface area contributed by atoms with E-state index >= 15 is 0 Å². The maximum absolute atomic E-state index is 11.6. The van der Waals surface area contributed by atoms with Crippen LogP contribution in [0.25, 0.3) is 0 Å². The van der Waals surface area contributed by atoms with Crippen LogP contribution >= 0.6 is 23.8 Å². The molecule has 1 aliphatic heterocycles. The summed E-state index contributed by atoms with van der Waals surface area (Å²) in [5.41, 5.74) is 0.763. The van der Waals surface area contributed by atoms with Gasteiger partial charge in [0.15, 0.2) is 5.11 Å². The number of rotatable bonds is 1. The van der Waals surface area contributed by atoms with Gasteiger partial charge < -0.3 is 4.90 Å². The minimum absolute atomic E-state index is 0.00942. The molecule has 0 saturated carbocycles. The number of nitrogens with zero attached hydrogens (tertiary/aromatic N) is 2. The quantitative estimate of drug-likeness (QED) is 0.701. The molecule has 1 aromatic carbocycles. The zero-order chi connectivity index (χ0) is 11.0. The Balaban J connectivity index is 2.35. The summed E-state index contributed by atoms with van der Waals surface area (Å²) in [6, 6.07) is 7.05. The molecule has 2 rings (SSSR count). The molecule has 0 radical (unpaired) electrons. The molecule has 0 atom stereocenters. The molecule has 0 N–H and O–H groups in total. The van der Waals surface area contributed by atoms with E-state index in [-0.39, 0.29) is 5.91 Å². The lowest BCUT2D eigenvalue weighted by atomic mass is 10.3. The van der Waals surface area contributed by atoms with Gasteiger partial charge in [0, 0.05) is 12.1 Å². The summed E-state index contributed by atoms with van der Waals surface area (Å²) < 4.78 is 0. The zero-order valence-corrected chi connectivity index (χ0v) is 9.68. The van der Waals surface area contributed by atoms with E-state index in [1.807, 2.05) is 0 Å². The number of amides is 1. The largest absolute Gasteiger partial charge is 0.342 e. The molecule has 1 heterocycles. The fourth-order valence-electron chi connectivity index (χ4n) is 1.46. The van der Waals surface area contributed by atoms with Gasteiger partial charge in [0.25, 0.3) is 5.91 Å². The molecule has 0 aliphatic carbocycles. The van der Waals surface area contributed by atoms with Crippen LogP contribution < -0.4 is 4.90 Å². The van der Waals surface area contributed by atoms with Crippen LogP contribution in [0.1, 0.15) is 0 Å². The monoisotopic (exact) mass is 240 g/mol. The second-order valence-electron chi connectivity index (χ2n) is 3.34. The highest BCUT2D eigenvalue weighted by atomic mass is 35.5. The molecule has 0 spiro atoms. The number of benzene rings is 1. The molecule has 1 fully saturated rings. The van der Waals surface area contributed by atoms with E-state index in [1.54, 1.807) is 36.2 Å². The molecule has 0 bridgehead atoms. The average molecular weight is 241 g/mol. The Hall–Kier alpha value is -1.13. The van der Waals surface area contributed by atoms with E-state index in [0.717, 1.165) is 5.69 Å². The predicted octanol–water partition coefficient (Wildman–Crippen LogP) is 1.90. The van der Waals surface area contributed by atoms with Crippen LogP contribution in [0, 0.1) is 0 Å². The molecule has 15 heavy (non-hydrogen) atoms. The number of carbonyl (C=O) groups excluding carboxylic acids is 1. The number of hydrogen-bond acceptors (Lipinski definition) is 2. The molecule has 0 aromatic heterocycles. The van der Waals surface area contributed by atoms with Crippen molar-refractivity contribution in [3.63, 3.8) is 0 Å². The number of anilines is 1. The van der Waals surface area contributed by atoms with Crippen molar-refractivity contribution in [3.8, 4) is 0 Å². The lowest BCUT2D eigenvalue weighted by Gasteiger charge is -2.16. The third-order valence-electron chi connectivity index (χ3n) is 2.22. The fourth-order valence-corrected chi connectivity index (χ4v) is 1.86. The minimum atomic E-state index is -0.00942. The van der Waals surface area contributed by atoms with Gasteiger partial charge in [-0.3, -0.25) is 9.69 Å². The Morgan fingerprint density at radius 1 is 1.33 bits per heavy atom. The van der Waals surface area contributed by atoms with Crippen molar-refractivity contribution in [2.45, 2.75) is 0 Å². The second kappa shape index (κ2) is 3.79. The van der Waals surface area contributed by atoms with E-state index in [0.29, 0.717) is 16.7 Å². The highest BCUT2D eigenvalue weighted by Gasteiger charge is 2.31. The molecule has 1 aliphatic rings. The summed E-state index contributed by atoms with van der Waals surface area (Å²) in [4.78, 5) is 14.9. The van der Waals surface area contributed by atoms with Crippen molar-refractivity contribution in [2.24, 2.45) is 0 Å². The maximum atomic E-state index is 11.6. The number of carbonyl (C=O) groups is 1. The summed E-state index contributed by atoms with van der Waals surface area (Å²) in [6.07, 6.45) is 0. The van der Waals surface area contributed by atoms with Crippen molar-refractivity contribution < 1.29 is 4.79 Å². The molecule has 78 valence electrons.